The summed E-state index contributed by atoms with van der Waals surface area (Å²) < 4.78 is 8.01. The van der Waals surface area contributed by atoms with Gasteiger partial charge in [0.25, 0.3) is 0 Å². The van der Waals surface area contributed by atoms with Gasteiger partial charge in [0.15, 0.2) is 0 Å². The Morgan fingerprint density at radius 1 is 1.16 bits per heavy atom. The van der Waals surface area contributed by atoms with Gasteiger partial charge in [0, 0.05) is 27.3 Å². The molecule has 3 aromatic rings. The maximum Gasteiger partial charge on any atom is 0.305 e. The van der Waals surface area contributed by atoms with Crippen LogP contribution in [0, 0.1) is 3.57 Å². The second kappa shape index (κ2) is 7.98. The highest BCUT2D eigenvalue weighted by atomic mass is 127. The van der Waals surface area contributed by atoms with Gasteiger partial charge in [0.2, 0.25) is 0 Å². The van der Waals surface area contributed by atoms with E-state index in [2.05, 4.69) is 51.6 Å². The number of hydrogen-bond donors (Lipinski definition) is 0. The highest BCUT2D eigenvalue weighted by Crippen LogP contribution is 2.30. The van der Waals surface area contributed by atoms with Crippen LogP contribution in [0.5, 0.6) is 0 Å². The monoisotopic (exact) mass is 487 g/mol. The van der Waals surface area contributed by atoms with Crippen LogP contribution in [-0.4, -0.2) is 17.6 Å². The highest BCUT2D eigenvalue weighted by Gasteiger charge is 2.12. The van der Waals surface area contributed by atoms with Crippen LogP contribution in [0.15, 0.2) is 42.6 Å². The van der Waals surface area contributed by atoms with Gasteiger partial charge in [-0.1, -0.05) is 23.2 Å². The number of fused-ring (bicyclic) bond motifs is 1. The summed E-state index contributed by atoms with van der Waals surface area (Å²) in [5.74, 6) is -0.178. The molecule has 0 saturated carbocycles. The maximum absolute atomic E-state index is 11.4. The van der Waals surface area contributed by atoms with Crippen LogP contribution in [0.1, 0.15) is 18.4 Å². The molecule has 0 amide bonds. The van der Waals surface area contributed by atoms with Gasteiger partial charge < -0.3 is 9.30 Å². The lowest BCUT2D eigenvalue weighted by Crippen LogP contribution is -2.00. The van der Waals surface area contributed by atoms with Gasteiger partial charge in [-0.05, 0) is 77.4 Å². The van der Waals surface area contributed by atoms with Crippen molar-refractivity contribution < 1.29 is 9.53 Å². The molecule has 3 rings (SSSR count). The summed E-state index contributed by atoms with van der Waals surface area (Å²) in [5, 5.41) is 2.25. The number of carbonyl (C=O) groups is 1. The third kappa shape index (κ3) is 4.13. The first-order valence-corrected chi connectivity index (χ1v) is 9.65. The first kappa shape index (κ1) is 18.5. The SMILES string of the molecule is COC(=O)CCCc1cn(-c2ccc(Cl)c(Cl)c2)c2ccc(I)cc12. The van der Waals surface area contributed by atoms with E-state index in [1.54, 1.807) is 6.07 Å². The second-order valence-corrected chi connectivity index (χ2v) is 7.77. The number of esters is 1. The van der Waals surface area contributed by atoms with Crippen LogP contribution in [0.4, 0.5) is 0 Å². The molecule has 130 valence electrons. The molecule has 0 aliphatic carbocycles. The molecule has 0 aliphatic rings. The number of carbonyl (C=O) groups excluding carboxylic acids is 1. The average molecular weight is 488 g/mol. The Morgan fingerprint density at radius 3 is 2.68 bits per heavy atom. The van der Waals surface area contributed by atoms with Crippen molar-refractivity contribution >= 4 is 62.7 Å². The van der Waals surface area contributed by atoms with E-state index in [0.29, 0.717) is 16.5 Å². The van der Waals surface area contributed by atoms with Gasteiger partial charge in [-0.25, -0.2) is 0 Å². The zero-order valence-electron chi connectivity index (χ0n) is 13.6. The Balaban J connectivity index is 2.01. The molecule has 0 bridgehead atoms. The lowest BCUT2D eigenvalue weighted by molar-refractivity contribution is -0.140. The molecule has 0 unspecified atom stereocenters. The number of nitrogens with zero attached hydrogens (tertiary/aromatic N) is 1. The van der Waals surface area contributed by atoms with Crippen molar-refractivity contribution in [3.8, 4) is 5.69 Å². The molecule has 1 aromatic heterocycles. The smallest absolute Gasteiger partial charge is 0.305 e. The molecule has 0 spiro atoms. The van der Waals surface area contributed by atoms with Gasteiger partial charge in [-0.3, -0.25) is 4.79 Å². The van der Waals surface area contributed by atoms with Crippen LogP contribution in [-0.2, 0) is 16.0 Å². The first-order chi connectivity index (χ1) is 12.0. The number of hydrogen-bond acceptors (Lipinski definition) is 2. The Hall–Kier alpha value is -1.24. The second-order valence-electron chi connectivity index (χ2n) is 5.71. The minimum absolute atomic E-state index is 0.178. The Morgan fingerprint density at radius 2 is 1.96 bits per heavy atom. The summed E-state index contributed by atoms with van der Waals surface area (Å²) in [6, 6.07) is 12.0. The molecule has 0 fully saturated rings. The Labute approximate surface area is 170 Å². The van der Waals surface area contributed by atoms with E-state index < -0.39 is 0 Å². The number of aryl methyl sites for hydroxylation is 1. The minimum Gasteiger partial charge on any atom is -0.469 e. The lowest BCUT2D eigenvalue weighted by atomic mass is 10.1. The van der Waals surface area contributed by atoms with Crippen molar-refractivity contribution in [1.29, 1.82) is 0 Å². The summed E-state index contributed by atoms with van der Waals surface area (Å²) in [5.41, 5.74) is 3.26. The zero-order chi connectivity index (χ0) is 18.0. The molecule has 0 N–H and O–H groups in total. The maximum atomic E-state index is 11.4. The van der Waals surface area contributed by atoms with Crippen LogP contribution >= 0.6 is 45.8 Å². The summed E-state index contributed by atoms with van der Waals surface area (Å²) in [7, 11) is 1.42. The summed E-state index contributed by atoms with van der Waals surface area (Å²) in [6.07, 6.45) is 4.08. The van der Waals surface area contributed by atoms with Gasteiger partial charge in [0.1, 0.15) is 0 Å². The Bertz CT molecular complexity index is 937. The van der Waals surface area contributed by atoms with E-state index in [1.807, 2.05) is 12.1 Å². The molecule has 1 heterocycles. The topological polar surface area (TPSA) is 31.2 Å². The van der Waals surface area contributed by atoms with Crippen molar-refractivity contribution in [3.05, 3.63) is 61.8 Å². The molecular weight excluding hydrogens is 472 g/mol. The lowest BCUT2D eigenvalue weighted by Gasteiger charge is -2.07. The van der Waals surface area contributed by atoms with Gasteiger partial charge in [-0.15, -0.1) is 0 Å². The fourth-order valence-electron chi connectivity index (χ4n) is 2.84. The molecule has 0 saturated heterocycles. The number of rotatable bonds is 5. The number of aromatic nitrogens is 1. The van der Waals surface area contributed by atoms with E-state index in [-0.39, 0.29) is 5.97 Å². The third-order valence-electron chi connectivity index (χ3n) is 4.09. The summed E-state index contributed by atoms with van der Waals surface area (Å²) in [4.78, 5) is 11.4. The van der Waals surface area contributed by atoms with E-state index in [9.17, 15) is 4.79 Å². The van der Waals surface area contributed by atoms with E-state index in [0.717, 1.165) is 24.0 Å². The fourth-order valence-corrected chi connectivity index (χ4v) is 3.63. The third-order valence-corrected chi connectivity index (χ3v) is 5.50. The largest absolute Gasteiger partial charge is 0.469 e. The molecular formula is C19H16Cl2INO2. The molecule has 0 radical (unpaired) electrons. The average Bonchev–Trinajstić information content (AvgIpc) is 2.95. The Kier molecular flexibility index (Phi) is 5.92. The fraction of sp³-hybridized carbons (Fsp3) is 0.211. The van der Waals surface area contributed by atoms with Crippen LogP contribution in [0.3, 0.4) is 0 Å². The van der Waals surface area contributed by atoms with Crippen molar-refractivity contribution in [2.24, 2.45) is 0 Å². The minimum atomic E-state index is -0.178. The molecule has 25 heavy (non-hydrogen) atoms. The van der Waals surface area contributed by atoms with Crippen LogP contribution in [0.25, 0.3) is 16.6 Å². The normalized spacial score (nSPS) is 11.0. The molecule has 2 aromatic carbocycles. The standard InChI is InChI=1S/C19H16Cl2INO2/c1-25-19(24)4-2-3-12-11-23(14-6-7-16(20)17(21)10-14)18-8-5-13(22)9-15(12)18/h5-11H,2-4H2,1H3. The van der Waals surface area contributed by atoms with Crippen molar-refractivity contribution in [2.45, 2.75) is 19.3 Å². The number of benzene rings is 2. The summed E-state index contributed by atoms with van der Waals surface area (Å²) in [6.45, 7) is 0. The number of methoxy groups -OCH3 is 1. The molecule has 6 heteroatoms. The molecule has 3 nitrogen and oxygen atoms in total. The zero-order valence-corrected chi connectivity index (χ0v) is 17.2. The van der Waals surface area contributed by atoms with Crippen molar-refractivity contribution in [2.75, 3.05) is 7.11 Å². The van der Waals surface area contributed by atoms with Crippen molar-refractivity contribution in [1.82, 2.24) is 4.57 Å². The van der Waals surface area contributed by atoms with E-state index in [4.69, 9.17) is 27.9 Å². The predicted octanol–water partition coefficient (Wildman–Crippen LogP) is 6.04. The van der Waals surface area contributed by atoms with Gasteiger partial charge in [0.05, 0.1) is 22.7 Å². The van der Waals surface area contributed by atoms with Crippen LogP contribution in [0.2, 0.25) is 10.0 Å². The highest BCUT2D eigenvalue weighted by molar-refractivity contribution is 14.1. The van der Waals surface area contributed by atoms with E-state index >= 15 is 0 Å². The number of ether oxygens (including phenoxy) is 1. The first-order valence-electron chi connectivity index (χ1n) is 7.81. The quantitative estimate of drug-likeness (QED) is 0.324. The molecule has 0 aliphatic heterocycles. The van der Waals surface area contributed by atoms with Crippen molar-refractivity contribution in [3.63, 3.8) is 0 Å². The summed E-state index contributed by atoms with van der Waals surface area (Å²) >= 11 is 14.5. The van der Waals surface area contributed by atoms with E-state index in [1.165, 1.54) is 21.6 Å². The van der Waals surface area contributed by atoms with Crippen LogP contribution < -0.4 is 0 Å². The van der Waals surface area contributed by atoms with Gasteiger partial charge in [-0.2, -0.15) is 0 Å². The predicted molar refractivity (Wildman–Crippen MR) is 111 cm³/mol. The van der Waals surface area contributed by atoms with Gasteiger partial charge >= 0.3 is 5.97 Å². The molecule has 0 atom stereocenters. The number of halogens is 3.